The Balaban J connectivity index is 1.73. The number of rotatable bonds is 5. The molecule has 1 unspecified atom stereocenters. The van der Waals surface area contributed by atoms with Crippen LogP contribution in [0.1, 0.15) is 44.2 Å². The van der Waals surface area contributed by atoms with Gasteiger partial charge in [0.25, 0.3) is 0 Å². The maximum absolute atomic E-state index is 12.1. The van der Waals surface area contributed by atoms with Crippen LogP contribution in [0.3, 0.4) is 0 Å². The van der Waals surface area contributed by atoms with Crippen molar-refractivity contribution < 1.29 is 14.3 Å². The minimum Gasteiger partial charge on any atom is -0.492 e. The predicted molar refractivity (Wildman–Crippen MR) is 107 cm³/mol. The number of likely N-dealkylation sites (tertiary alicyclic amines) is 1. The van der Waals surface area contributed by atoms with Gasteiger partial charge < -0.3 is 9.47 Å². The van der Waals surface area contributed by atoms with Crippen molar-refractivity contribution in [2.75, 3.05) is 33.4 Å². The minimum absolute atomic E-state index is 0.110. The lowest BCUT2D eigenvalue weighted by Gasteiger charge is -2.33. The normalized spacial score (nSPS) is 21.9. The molecule has 2 aliphatic rings. The van der Waals surface area contributed by atoms with E-state index in [1.54, 1.807) is 0 Å². The number of carbonyl (C=O) groups is 1. The average Bonchev–Trinajstić information content (AvgIpc) is 2.88. The highest BCUT2D eigenvalue weighted by atomic mass is 16.5. The highest BCUT2D eigenvalue weighted by molar-refractivity contribution is 5.75. The maximum Gasteiger partial charge on any atom is 0.323 e. The summed E-state index contributed by atoms with van der Waals surface area (Å²) in [5, 5.41) is 0. The second kappa shape index (κ2) is 9.38. The molecule has 5 heteroatoms. The van der Waals surface area contributed by atoms with E-state index < -0.39 is 0 Å². The number of piperidine rings is 1. The Hall–Kier alpha value is -1.85. The number of hydrogen-bond donors (Lipinski definition) is 0. The van der Waals surface area contributed by atoms with E-state index in [0.29, 0.717) is 0 Å². The van der Waals surface area contributed by atoms with Crippen LogP contribution in [0.5, 0.6) is 5.75 Å². The Morgan fingerprint density at radius 2 is 2.19 bits per heavy atom. The largest absolute Gasteiger partial charge is 0.492 e. The molecule has 5 nitrogen and oxygen atoms in total. The monoisotopic (exact) mass is 372 g/mol. The number of carbonyl (C=O) groups excluding carboxylic acids is 1. The van der Waals surface area contributed by atoms with Crippen molar-refractivity contribution in [2.24, 2.45) is 0 Å². The molecule has 2 aliphatic heterocycles. The van der Waals surface area contributed by atoms with Gasteiger partial charge in [0.1, 0.15) is 18.4 Å². The smallest absolute Gasteiger partial charge is 0.323 e. The van der Waals surface area contributed by atoms with Crippen LogP contribution in [0.15, 0.2) is 29.8 Å². The number of benzene rings is 1. The molecule has 1 saturated heterocycles. The van der Waals surface area contributed by atoms with Crippen molar-refractivity contribution in [1.82, 2.24) is 9.80 Å². The van der Waals surface area contributed by atoms with Gasteiger partial charge in [0.15, 0.2) is 0 Å². The summed E-state index contributed by atoms with van der Waals surface area (Å²) >= 11 is 0. The van der Waals surface area contributed by atoms with Crippen LogP contribution >= 0.6 is 0 Å². The third-order valence-corrected chi connectivity index (χ3v) is 5.62. The number of methoxy groups -OCH3 is 1. The second-order valence-corrected chi connectivity index (χ2v) is 7.64. The van der Waals surface area contributed by atoms with Gasteiger partial charge in [-0.15, -0.1) is 0 Å². The molecular formula is C22H32N2O3. The fourth-order valence-corrected chi connectivity index (χ4v) is 4.00. The zero-order valence-corrected chi connectivity index (χ0v) is 16.9. The van der Waals surface area contributed by atoms with E-state index in [0.717, 1.165) is 64.3 Å². The first-order valence-corrected chi connectivity index (χ1v) is 10.0. The third kappa shape index (κ3) is 5.11. The molecule has 0 radical (unpaired) electrons. The van der Waals surface area contributed by atoms with Crippen LogP contribution in [0.2, 0.25) is 0 Å². The Bertz CT molecular complexity index is 686. The molecule has 0 saturated carbocycles. The van der Waals surface area contributed by atoms with E-state index in [4.69, 9.17) is 9.47 Å². The number of fused-ring (bicyclic) bond motifs is 1. The molecule has 0 amide bonds. The summed E-state index contributed by atoms with van der Waals surface area (Å²) in [7, 11) is 1.48. The van der Waals surface area contributed by atoms with Gasteiger partial charge >= 0.3 is 5.97 Å². The Labute approximate surface area is 162 Å². The van der Waals surface area contributed by atoms with Gasteiger partial charge in [-0.05, 0) is 50.9 Å². The summed E-state index contributed by atoms with van der Waals surface area (Å²) in [5.74, 6) is 0.878. The molecule has 1 aromatic carbocycles. The number of allylic oxidation sites excluding steroid dienone is 1. The molecule has 0 bridgehead atoms. The fraction of sp³-hybridized carbons (Fsp3) is 0.591. The molecule has 2 heterocycles. The molecular weight excluding hydrogens is 340 g/mol. The molecule has 0 aromatic heterocycles. The number of hydrogen-bond acceptors (Lipinski definition) is 5. The van der Waals surface area contributed by atoms with E-state index in [1.807, 2.05) is 0 Å². The highest BCUT2D eigenvalue weighted by Crippen LogP contribution is 2.27. The minimum atomic E-state index is -0.118. The van der Waals surface area contributed by atoms with Crippen LogP contribution < -0.4 is 4.74 Å². The number of nitrogens with zero attached hydrogens (tertiary/aromatic N) is 2. The molecule has 0 aliphatic carbocycles. The summed E-state index contributed by atoms with van der Waals surface area (Å²) in [6.45, 7) is 9.51. The second-order valence-electron chi connectivity index (χ2n) is 7.64. The zero-order chi connectivity index (χ0) is 19.2. The molecule has 1 fully saturated rings. The van der Waals surface area contributed by atoms with E-state index in [2.05, 4.69) is 47.9 Å². The molecule has 0 N–H and O–H groups in total. The molecule has 1 aromatic rings. The van der Waals surface area contributed by atoms with Crippen molar-refractivity contribution in [3.8, 4) is 5.75 Å². The Kier molecular flexibility index (Phi) is 6.91. The SMILES string of the molecule is CC=C(C)CN1CCOc2ccc(CN3CCCCC3C(=O)OC)cc2C1. The lowest BCUT2D eigenvalue weighted by Crippen LogP contribution is -2.44. The summed E-state index contributed by atoms with van der Waals surface area (Å²) in [6, 6.07) is 6.36. The summed E-state index contributed by atoms with van der Waals surface area (Å²) in [6.07, 6.45) is 5.29. The standard InChI is InChI=1S/C22H32N2O3/c1-4-17(2)14-23-11-12-27-21-9-8-18(13-19(21)16-23)15-24-10-6-5-7-20(24)22(25)26-3/h4,8-9,13,20H,5-7,10-12,14-16H2,1-3H3. The van der Waals surface area contributed by atoms with Crippen LogP contribution in [0, 0.1) is 0 Å². The van der Waals surface area contributed by atoms with Crippen molar-refractivity contribution >= 4 is 5.97 Å². The van der Waals surface area contributed by atoms with Gasteiger partial charge in [-0.25, -0.2) is 0 Å². The van der Waals surface area contributed by atoms with Crippen molar-refractivity contribution in [3.05, 3.63) is 41.0 Å². The Morgan fingerprint density at radius 3 is 2.96 bits per heavy atom. The maximum atomic E-state index is 12.1. The van der Waals surface area contributed by atoms with Crippen LogP contribution in [0.4, 0.5) is 0 Å². The van der Waals surface area contributed by atoms with E-state index in [-0.39, 0.29) is 12.0 Å². The zero-order valence-electron chi connectivity index (χ0n) is 16.9. The predicted octanol–water partition coefficient (Wildman–Crippen LogP) is 3.37. The number of esters is 1. The molecule has 27 heavy (non-hydrogen) atoms. The summed E-state index contributed by atoms with van der Waals surface area (Å²) in [5.41, 5.74) is 3.85. The van der Waals surface area contributed by atoms with Gasteiger partial charge in [-0.3, -0.25) is 14.6 Å². The quantitative estimate of drug-likeness (QED) is 0.586. The van der Waals surface area contributed by atoms with Gasteiger partial charge in [0.2, 0.25) is 0 Å². The van der Waals surface area contributed by atoms with Crippen LogP contribution in [0.25, 0.3) is 0 Å². The van der Waals surface area contributed by atoms with E-state index in [1.165, 1.54) is 23.8 Å². The van der Waals surface area contributed by atoms with Gasteiger partial charge in [-0.1, -0.05) is 24.1 Å². The van der Waals surface area contributed by atoms with Crippen LogP contribution in [-0.4, -0.2) is 55.2 Å². The average molecular weight is 373 g/mol. The van der Waals surface area contributed by atoms with Gasteiger partial charge in [0.05, 0.1) is 7.11 Å². The van der Waals surface area contributed by atoms with Crippen LogP contribution in [-0.2, 0) is 22.6 Å². The summed E-state index contributed by atoms with van der Waals surface area (Å²) in [4.78, 5) is 16.8. The Morgan fingerprint density at radius 1 is 1.33 bits per heavy atom. The summed E-state index contributed by atoms with van der Waals surface area (Å²) < 4.78 is 11.0. The first-order chi connectivity index (χ1) is 13.1. The van der Waals surface area contributed by atoms with Crippen molar-refractivity contribution in [3.63, 3.8) is 0 Å². The van der Waals surface area contributed by atoms with E-state index >= 15 is 0 Å². The number of ether oxygens (including phenoxy) is 2. The molecule has 3 rings (SSSR count). The fourth-order valence-electron chi connectivity index (χ4n) is 4.00. The van der Waals surface area contributed by atoms with E-state index in [9.17, 15) is 4.79 Å². The molecule has 1 atom stereocenters. The van der Waals surface area contributed by atoms with Gasteiger partial charge in [0, 0.05) is 31.7 Å². The topological polar surface area (TPSA) is 42.0 Å². The van der Waals surface area contributed by atoms with Gasteiger partial charge in [-0.2, -0.15) is 0 Å². The lowest BCUT2D eigenvalue weighted by molar-refractivity contribution is -0.148. The third-order valence-electron chi connectivity index (χ3n) is 5.62. The van der Waals surface area contributed by atoms with Crippen molar-refractivity contribution in [2.45, 2.75) is 52.2 Å². The first kappa shape index (κ1) is 19.9. The highest BCUT2D eigenvalue weighted by Gasteiger charge is 2.29. The lowest BCUT2D eigenvalue weighted by atomic mass is 10.0. The molecule has 0 spiro atoms. The molecule has 148 valence electrons. The first-order valence-electron chi connectivity index (χ1n) is 10.0. The van der Waals surface area contributed by atoms with Crippen molar-refractivity contribution in [1.29, 1.82) is 0 Å².